The minimum atomic E-state index is -1.18. The van der Waals surface area contributed by atoms with Gasteiger partial charge in [0.15, 0.2) is 11.7 Å². The van der Waals surface area contributed by atoms with Crippen molar-refractivity contribution in [2.24, 2.45) is 10.9 Å². The van der Waals surface area contributed by atoms with E-state index >= 15 is 0 Å². The van der Waals surface area contributed by atoms with Crippen molar-refractivity contribution in [1.82, 2.24) is 9.97 Å². The second-order valence-corrected chi connectivity index (χ2v) is 7.49. The van der Waals surface area contributed by atoms with Crippen molar-refractivity contribution in [2.45, 2.75) is 20.4 Å². The van der Waals surface area contributed by atoms with Gasteiger partial charge in [-0.15, -0.1) is 11.3 Å². The van der Waals surface area contributed by atoms with E-state index in [-0.39, 0.29) is 18.3 Å². The summed E-state index contributed by atoms with van der Waals surface area (Å²) in [6.07, 6.45) is 5.03. The van der Waals surface area contributed by atoms with Crippen LogP contribution in [0.5, 0.6) is 0 Å². The number of fused-ring (bicyclic) bond motifs is 1. The molecule has 1 fully saturated rings. The molecule has 0 radical (unpaired) electrons. The molecule has 1 aliphatic rings. The number of aliphatic imine (C=N–C) groups is 1. The fraction of sp³-hybridized carbons (Fsp3) is 0.238. The first kappa shape index (κ1) is 19.1. The molecule has 1 aliphatic heterocycles. The lowest BCUT2D eigenvalue weighted by Crippen LogP contribution is -2.27. The number of aromatic amines is 1. The monoisotopic (exact) mass is 409 g/mol. The summed E-state index contributed by atoms with van der Waals surface area (Å²) in [5.74, 6) is -2.14. The number of carbonyl (C=O) groups is 2. The van der Waals surface area contributed by atoms with E-state index < -0.39 is 17.7 Å². The zero-order valence-corrected chi connectivity index (χ0v) is 16.8. The number of nitrogens with one attached hydrogen (secondary N) is 1. The third-order valence-electron chi connectivity index (χ3n) is 4.61. The van der Waals surface area contributed by atoms with Gasteiger partial charge >= 0.3 is 5.97 Å². The van der Waals surface area contributed by atoms with Crippen LogP contribution in [0.1, 0.15) is 22.9 Å². The van der Waals surface area contributed by atoms with E-state index in [0.717, 1.165) is 21.4 Å². The van der Waals surface area contributed by atoms with Gasteiger partial charge in [0.05, 0.1) is 13.2 Å². The molecule has 3 aromatic rings. The average Bonchev–Trinajstić information content (AvgIpc) is 3.39. The van der Waals surface area contributed by atoms with Crippen LogP contribution < -0.4 is 0 Å². The van der Waals surface area contributed by atoms with Crippen LogP contribution in [-0.2, 0) is 25.6 Å². The summed E-state index contributed by atoms with van der Waals surface area (Å²) in [4.78, 5) is 38.1. The van der Waals surface area contributed by atoms with Gasteiger partial charge in [0.25, 0.3) is 0 Å². The number of ketones is 1. The van der Waals surface area contributed by atoms with E-state index in [4.69, 9.17) is 9.47 Å². The maximum Gasteiger partial charge on any atom is 0.326 e. The molecular weight excluding hydrogens is 390 g/mol. The summed E-state index contributed by atoms with van der Waals surface area (Å²) >= 11 is 1.57. The number of allylic oxidation sites excluding steroid dienone is 1. The van der Waals surface area contributed by atoms with Crippen molar-refractivity contribution in [3.8, 4) is 0 Å². The van der Waals surface area contributed by atoms with Gasteiger partial charge in [-0.25, -0.2) is 9.98 Å². The normalized spacial score (nSPS) is 19.2. The van der Waals surface area contributed by atoms with Crippen molar-refractivity contribution >= 4 is 46.1 Å². The van der Waals surface area contributed by atoms with Gasteiger partial charge in [0, 0.05) is 28.2 Å². The standard InChI is InChI=1S/C21H19N3O4S/c1-3-27-21(26)17-18(25)15(9-13-10-23-19-14(13)5-4-7-22-19)28-20(17)24-11-16-12(2)6-8-29-16/h4-10,17H,3,11H2,1-2H3,(H,22,23)/b15-9-,24-20?. The lowest BCUT2D eigenvalue weighted by molar-refractivity contribution is -0.147. The summed E-state index contributed by atoms with van der Waals surface area (Å²) in [6.45, 7) is 4.20. The second-order valence-electron chi connectivity index (χ2n) is 6.48. The molecule has 0 saturated carbocycles. The van der Waals surface area contributed by atoms with Crippen molar-refractivity contribution < 1.29 is 19.1 Å². The van der Waals surface area contributed by atoms with Crippen LogP contribution in [0.15, 0.2) is 46.7 Å². The van der Waals surface area contributed by atoms with Crippen molar-refractivity contribution in [2.75, 3.05) is 6.61 Å². The van der Waals surface area contributed by atoms with Gasteiger partial charge in [-0.3, -0.25) is 9.59 Å². The summed E-state index contributed by atoms with van der Waals surface area (Å²) in [5.41, 5.74) is 2.56. The summed E-state index contributed by atoms with van der Waals surface area (Å²) in [5, 5.41) is 2.83. The summed E-state index contributed by atoms with van der Waals surface area (Å²) in [7, 11) is 0. The number of aromatic nitrogens is 2. The molecule has 4 heterocycles. The molecule has 7 nitrogen and oxygen atoms in total. The molecule has 29 heavy (non-hydrogen) atoms. The Bertz CT molecular complexity index is 1140. The number of H-pyrrole nitrogens is 1. The highest BCUT2D eigenvalue weighted by atomic mass is 32.1. The Morgan fingerprint density at radius 2 is 2.31 bits per heavy atom. The van der Waals surface area contributed by atoms with E-state index in [0.29, 0.717) is 12.2 Å². The molecule has 1 saturated heterocycles. The van der Waals surface area contributed by atoms with E-state index in [1.807, 2.05) is 30.5 Å². The van der Waals surface area contributed by atoms with Crippen molar-refractivity contribution in [3.05, 3.63) is 57.7 Å². The zero-order chi connectivity index (χ0) is 20.4. The first-order valence-corrected chi connectivity index (χ1v) is 10.1. The number of aryl methyl sites for hydroxylation is 1. The Morgan fingerprint density at radius 3 is 3.07 bits per heavy atom. The zero-order valence-electron chi connectivity index (χ0n) is 16.0. The molecule has 0 amide bonds. The number of pyridine rings is 1. The number of rotatable bonds is 5. The van der Waals surface area contributed by atoms with Crippen LogP contribution in [0.25, 0.3) is 17.1 Å². The van der Waals surface area contributed by atoms with Gasteiger partial charge in [0.2, 0.25) is 11.7 Å². The van der Waals surface area contributed by atoms with Crippen molar-refractivity contribution in [3.63, 3.8) is 0 Å². The highest BCUT2D eigenvalue weighted by Gasteiger charge is 2.44. The third-order valence-corrected chi connectivity index (χ3v) is 5.61. The third kappa shape index (κ3) is 3.71. The van der Waals surface area contributed by atoms with Crippen LogP contribution in [0.2, 0.25) is 0 Å². The molecule has 8 heteroatoms. The van der Waals surface area contributed by atoms with Crippen LogP contribution in [-0.4, -0.2) is 34.2 Å². The predicted molar refractivity (Wildman–Crippen MR) is 110 cm³/mol. The number of esters is 1. The molecule has 0 aromatic carbocycles. The Balaban J connectivity index is 1.68. The molecule has 1 unspecified atom stereocenters. The van der Waals surface area contributed by atoms with E-state index in [2.05, 4.69) is 15.0 Å². The molecule has 148 valence electrons. The first-order valence-electron chi connectivity index (χ1n) is 9.18. The molecule has 1 atom stereocenters. The molecule has 1 N–H and O–H groups in total. The van der Waals surface area contributed by atoms with Gasteiger partial charge in [0.1, 0.15) is 5.65 Å². The fourth-order valence-electron chi connectivity index (χ4n) is 3.09. The molecular formula is C21H19N3O4S. The Hall–Kier alpha value is -3.26. The number of Topliss-reactive ketones (excluding diaryl/α,β-unsaturated/α-hetero) is 1. The Morgan fingerprint density at radius 1 is 1.45 bits per heavy atom. The molecule has 4 rings (SSSR count). The maximum absolute atomic E-state index is 12.9. The van der Waals surface area contributed by atoms with Gasteiger partial charge in [-0.1, -0.05) is 0 Å². The smallest absolute Gasteiger partial charge is 0.326 e. The van der Waals surface area contributed by atoms with Gasteiger partial charge in [-0.2, -0.15) is 0 Å². The topological polar surface area (TPSA) is 93.6 Å². The summed E-state index contributed by atoms with van der Waals surface area (Å²) in [6, 6.07) is 5.70. The van der Waals surface area contributed by atoms with Crippen molar-refractivity contribution in [1.29, 1.82) is 0 Å². The lowest BCUT2D eigenvalue weighted by atomic mass is 10.0. The van der Waals surface area contributed by atoms with Gasteiger partial charge in [-0.05, 0) is 49.1 Å². The lowest BCUT2D eigenvalue weighted by Gasteiger charge is -2.06. The number of nitrogens with zero attached hydrogens (tertiary/aromatic N) is 2. The average molecular weight is 409 g/mol. The van der Waals surface area contributed by atoms with E-state index in [9.17, 15) is 9.59 Å². The maximum atomic E-state index is 12.9. The highest BCUT2D eigenvalue weighted by Crippen LogP contribution is 2.28. The van der Waals surface area contributed by atoms with Crippen LogP contribution in [0, 0.1) is 12.8 Å². The Labute approximate surface area is 171 Å². The SMILES string of the molecule is CCOC(=O)C1C(=O)/C(=C/c2c[nH]c3ncccc23)OC1=NCc1sccc1C. The molecule has 3 aromatic heterocycles. The van der Waals surface area contributed by atoms with E-state index in [1.165, 1.54) is 0 Å². The van der Waals surface area contributed by atoms with E-state index in [1.54, 1.807) is 36.7 Å². The highest BCUT2D eigenvalue weighted by molar-refractivity contribution is 7.10. The van der Waals surface area contributed by atoms with Crippen LogP contribution in [0.3, 0.4) is 0 Å². The summed E-state index contributed by atoms with van der Waals surface area (Å²) < 4.78 is 10.8. The van der Waals surface area contributed by atoms with Gasteiger partial charge < -0.3 is 14.5 Å². The quantitative estimate of drug-likeness (QED) is 0.394. The fourth-order valence-corrected chi connectivity index (χ4v) is 3.92. The predicted octanol–water partition coefficient (Wildman–Crippen LogP) is 3.65. The number of hydrogen-bond donors (Lipinski definition) is 1. The second kappa shape index (κ2) is 8.00. The van der Waals surface area contributed by atoms with Crippen LogP contribution in [0.4, 0.5) is 0 Å². The molecule has 0 bridgehead atoms. The minimum Gasteiger partial charge on any atom is -0.465 e. The minimum absolute atomic E-state index is 0.0643. The number of thiophene rings is 1. The van der Waals surface area contributed by atoms with Crippen LogP contribution >= 0.6 is 11.3 Å². The first-order chi connectivity index (χ1) is 14.1. The molecule has 0 aliphatic carbocycles. The largest absolute Gasteiger partial charge is 0.465 e. The molecule has 0 spiro atoms. The number of ether oxygens (including phenoxy) is 2. The number of carbonyl (C=O) groups excluding carboxylic acids is 2. The Kier molecular flexibility index (Phi) is 5.26. The number of hydrogen-bond acceptors (Lipinski definition) is 7.